The molecule has 1 amide bonds. The fraction of sp³-hybridized carbons (Fsp3) is 0.182. The molecule has 1 aliphatic rings. The van der Waals surface area contributed by atoms with E-state index in [0.29, 0.717) is 17.0 Å². The Morgan fingerprint density at radius 2 is 1.71 bits per heavy atom. The van der Waals surface area contributed by atoms with Crippen LogP contribution in [0.1, 0.15) is 35.3 Å². The molecular formula is C22H18FN5O3. The predicted molar refractivity (Wildman–Crippen MR) is 111 cm³/mol. The van der Waals surface area contributed by atoms with Crippen molar-refractivity contribution in [3.05, 3.63) is 65.5 Å². The maximum Gasteiger partial charge on any atom is 0.249 e. The molecule has 1 aliphatic heterocycles. The predicted octanol–water partition coefficient (Wildman–Crippen LogP) is 2.83. The van der Waals surface area contributed by atoms with Crippen LogP contribution >= 0.6 is 0 Å². The Labute approximate surface area is 177 Å². The number of aryl methyl sites for hydroxylation is 1. The average molecular weight is 419 g/mol. The van der Waals surface area contributed by atoms with Gasteiger partial charge in [0.2, 0.25) is 17.6 Å². The SMILES string of the molecule is Cc1ccc(C2=NOC(C)(C)C2=O)cc1-c1cnc(-c2cnc(F)cc2C(N)=O)cn1. The van der Waals surface area contributed by atoms with E-state index in [2.05, 4.69) is 20.1 Å². The van der Waals surface area contributed by atoms with Crippen molar-refractivity contribution >= 4 is 17.4 Å². The lowest BCUT2D eigenvalue weighted by molar-refractivity contribution is -0.128. The molecule has 0 spiro atoms. The zero-order chi connectivity index (χ0) is 22.3. The highest BCUT2D eigenvalue weighted by atomic mass is 19.1. The van der Waals surface area contributed by atoms with Gasteiger partial charge in [0, 0.05) is 29.0 Å². The summed E-state index contributed by atoms with van der Waals surface area (Å²) in [5.74, 6) is -1.81. The highest BCUT2D eigenvalue weighted by molar-refractivity contribution is 6.49. The number of nitrogens with two attached hydrogens (primary N) is 1. The van der Waals surface area contributed by atoms with Crippen molar-refractivity contribution in [1.29, 1.82) is 0 Å². The van der Waals surface area contributed by atoms with Gasteiger partial charge in [0.15, 0.2) is 11.3 Å². The Balaban J connectivity index is 1.71. The number of aromatic nitrogens is 3. The van der Waals surface area contributed by atoms with Gasteiger partial charge < -0.3 is 10.6 Å². The number of hydrogen-bond acceptors (Lipinski definition) is 7. The lowest BCUT2D eigenvalue weighted by Crippen LogP contribution is -2.33. The van der Waals surface area contributed by atoms with Crippen LogP contribution in [0.15, 0.2) is 48.0 Å². The van der Waals surface area contributed by atoms with Gasteiger partial charge in [-0.25, -0.2) is 4.98 Å². The molecule has 9 heteroatoms. The number of ketones is 1. The maximum atomic E-state index is 13.4. The number of benzene rings is 1. The highest BCUT2D eigenvalue weighted by Crippen LogP contribution is 2.28. The molecule has 0 unspecified atom stereocenters. The lowest BCUT2D eigenvalue weighted by Gasteiger charge is -2.12. The quantitative estimate of drug-likeness (QED) is 0.649. The summed E-state index contributed by atoms with van der Waals surface area (Å²) in [6.45, 7) is 5.23. The molecule has 3 aromatic rings. The van der Waals surface area contributed by atoms with Gasteiger partial charge in [-0.3, -0.25) is 19.6 Å². The zero-order valence-electron chi connectivity index (χ0n) is 17.0. The molecule has 31 heavy (non-hydrogen) atoms. The van der Waals surface area contributed by atoms with Gasteiger partial charge in [-0.15, -0.1) is 0 Å². The van der Waals surface area contributed by atoms with Gasteiger partial charge in [0.25, 0.3) is 0 Å². The number of amides is 1. The van der Waals surface area contributed by atoms with Gasteiger partial charge >= 0.3 is 0 Å². The van der Waals surface area contributed by atoms with Crippen LogP contribution in [0.4, 0.5) is 4.39 Å². The van der Waals surface area contributed by atoms with E-state index in [0.717, 1.165) is 17.2 Å². The summed E-state index contributed by atoms with van der Waals surface area (Å²) in [5.41, 5.74) is 7.99. The minimum absolute atomic E-state index is 0.0342. The van der Waals surface area contributed by atoms with Crippen LogP contribution in [0, 0.1) is 12.9 Å². The van der Waals surface area contributed by atoms with E-state index in [-0.39, 0.29) is 22.6 Å². The number of carbonyl (C=O) groups excluding carboxylic acids is 2. The lowest BCUT2D eigenvalue weighted by atomic mass is 9.93. The van der Waals surface area contributed by atoms with Crippen molar-refractivity contribution in [2.75, 3.05) is 0 Å². The fourth-order valence-electron chi connectivity index (χ4n) is 3.20. The van der Waals surface area contributed by atoms with Crippen molar-refractivity contribution in [3.63, 3.8) is 0 Å². The molecule has 0 saturated heterocycles. The summed E-state index contributed by atoms with van der Waals surface area (Å²) in [4.78, 5) is 41.8. The third kappa shape index (κ3) is 3.65. The summed E-state index contributed by atoms with van der Waals surface area (Å²) in [5, 5.41) is 3.94. The number of oxime groups is 1. The zero-order valence-corrected chi connectivity index (χ0v) is 17.0. The molecule has 0 atom stereocenters. The Kier molecular flexibility index (Phi) is 4.81. The summed E-state index contributed by atoms with van der Waals surface area (Å²) >= 11 is 0. The molecule has 0 saturated carbocycles. The molecule has 0 fully saturated rings. The standard InChI is InChI=1S/C22H18FN5O3/c1-11-4-5-12(19-20(29)22(2,3)31-28-19)6-13(11)16-9-26-17(10-25-16)15-8-27-18(23)7-14(15)21(24)30/h4-10H,1-3H3,(H2,24,30). The number of nitrogens with zero attached hydrogens (tertiary/aromatic N) is 4. The molecule has 2 aromatic heterocycles. The second kappa shape index (κ2) is 7.35. The van der Waals surface area contributed by atoms with Crippen molar-refractivity contribution < 1.29 is 18.8 Å². The van der Waals surface area contributed by atoms with Gasteiger partial charge in [-0.05, 0) is 32.4 Å². The summed E-state index contributed by atoms with van der Waals surface area (Å²) in [7, 11) is 0. The summed E-state index contributed by atoms with van der Waals surface area (Å²) in [6.07, 6.45) is 4.16. The number of Topliss-reactive ketones (excluding diaryl/α,β-unsaturated/α-hetero) is 1. The summed E-state index contributed by atoms with van der Waals surface area (Å²) in [6, 6.07) is 6.42. The molecule has 3 heterocycles. The Hall–Kier alpha value is -4.01. The van der Waals surface area contributed by atoms with E-state index < -0.39 is 17.5 Å². The second-order valence-corrected chi connectivity index (χ2v) is 7.60. The maximum absolute atomic E-state index is 13.4. The first-order valence-corrected chi connectivity index (χ1v) is 9.37. The van der Waals surface area contributed by atoms with Gasteiger partial charge in [-0.1, -0.05) is 17.3 Å². The second-order valence-electron chi connectivity index (χ2n) is 7.60. The molecule has 156 valence electrons. The minimum Gasteiger partial charge on any atom is -0.381 e. The summed E-state index contributed by atoms with van der Waals surface area (Å²) < 4.78 is 13.4. The van der Waals surface area contributed by atoms with Crippen LogP contribution in [0.2, 0.25) is 0 Å². The number of primary amides is 1. The molecule has 0 bridgehead atoms. The Morgan fingerprint density at radius 1 is 1.03 bits per heavy atom. The van der Waals surface area contributed by atoms with Crippen molar-refractivity contribution in [2.45, 2.75) is 26.4 Å². The third-order valence-electron chi connectivity index (χ3n) is 4.98. The molecule has 4 rings (SSSR count). The molecule has 2 N–H and O–H groups in total. The van der Waals surface area contributed by atoms with E-state index in [4.69, 9.17) is 10.6 Å². The fourth-order valence-corrected chi connectivity index (χ4v) is 3.20. The number of hydrogen-bond donors (Lipinski definition) is 1. The van der Waals surface area contributed by atoms with Crippen LogP contribution < -0.4 is 5.73 Å². The molecule has 1 aromatic carbocycles. The van der Waals surface area contributed by atoms with Crippen molar-refractivity contribution in [1.82, 2.24) is 15.0 Å². The molecule has 0 aliphatic carbocycles. The van der Waals surface area contributed by atoms with Crippen LogP contribution in [-0.4, -0.2) is 38.0 Å². The minimum atomic E-state index is -0.997. The largest absolute Gasteiger partial charge is 0.381 e. The van der Waals surface area contributed by atoms with Gasteiger partial charge in [-0.2, -0.15) is 4.39 Å². The molecule has 0 radical (unpaired) electrons. The normalized spacial score (nSPS) is 14.8. The third-order valence-corrected chi connectivity index (χ3v) is 4.98. The smallest absolute Gasteiger partial charge is 0.249 e. The van der Waals surface area contributed by atoms with Crippen LogP contribution in [-0.2, 0) is 9.63 Å². The van der Waals surface area contributed by atoms with Crippen LogP contribution in [0.25, 0.3) is 22.5 Å². The van der Waals surface area contributed by atoms with Gasteiger partial charge in [0.1, 0.15) is 0 Å². The first kappa shape index (κ1) is 20.3. The van der Waals surface area contributed by atoms with E-state index in [1.807, 2.05) is 13.0 Å². The van der Waals surface area contributed by atoms with Crippen molar-refractivity contribution in [3.8, 4) is 22.5 Å². The molecule has 8 nitrogen and oxygen atoms in total. The van der Waals surface area contributed by atoms with Crippen LogP contribution in [0.5, 0.6) is 0 Å². The highest BCUT2D eigenvalue weighted by Gasteiger charge is 2.40. The van der Waals surface area contributed by atoms with E-state index in [9.17, 15) is 14.0 Å². The Morgan fingerprint density at radius 3 is 2.29 bits per heavy atom. The number of pyridine rings is 1. The monoisotopic (exact) mass is 419 g/mol. The number of carbonyl (C=O) groups is 2. The molecular weight excluding hydrogens is 401 g/mol. The van der Waals surface area contributed by atoms with Crippen LogP contribution in [0.3, 0.4) is 0 Å². The first-order chi connectivity index (χ1) is 14.7. The van der Waals surface area contributed by atoms with Gasteiger partial charge in [0.05, 0.1) is 29.3 Å². The topological polar surface area (TPSA) is 120 Å². The van der Waals surface area contributed by atoms with Crippen molar-refractivity contribution in [2.24, 2.45) is 10.9 Å². The average Bonchev–Trinajstić information content (AvgIpc) is 3.01. The number of rotatable bonds is 4. The van der Waals surface area contributed by atoms with E-state index in [1.54, 1.807) is 26.0 Å². The Bertz CT molecular complexity index is 1250. The van der Waals surface area contributed by atoms with E-state index in [1.165, 1.54) is 18.6 Å². The number of halogens is 1. The van der Waals surface area contributed by atoms with E-state index >= 15 is 0 Å². The first-order valence-electron chi connectivity index (χ1n) is 9.37.